The second-order valence-electron chi connectivity index (χ2n) is 6.39. The van der Waals surface area contributed by atoms with Gasteiger partial charge in [-0.1, -0.05) is 71.1 Å². The van der Waals surface area contributed by atoms with Crippen molar-refractivity contribution >= 4 is 11.9 Å². The van der Waals surface area contributed by atoms with Crippen molar-refractivity contribution in [2.45, 2.75) is 103 Å². The van der Waals surface area contributed by atoms with Gasteiger partial charge in [-0.15, -0.1) is 0 Å². The summed E-state index contributed by atoms with van der Waals surface area (Å²) in [5.41, 5.74) is 0. The SMILES string of the molecule is CCCCCCCCCCCCCC(=O)N[C@H](C(=O)[O-])[C@@H](C)O.[Na+]. The van der Waals surface area contributed by atoms with Gasteiger partial charge in [0.15, 0.2) is 0 Å². The van der Waals surface area contributed by atoms with E-state index in [1.807, 2.05) is 0 Å². The van der Waals surface area contributed by atoms with Crippen LogP contribution in [0.5, 0.6) is 0 Å². The Hall–Kier alpha value is -0.100. The van der Waals surface area contributed by atoms with E-state index in [4.69, 9.17) is 0 Å². The zero-order valence-electron chi connectivity index (χ0n) is 15.8. The van der Waals surface area contributed by atoms with Crippen molar-refractivity contribution in [3.63, 3.8) is 0 Å². The summed E-state index contributed by atoms with van der Waals surface area (Å²) in [5, 5.41) is 22.3. The zero-order valence-corrected chi connectivity index (χ0v) is 17.8. The molecule has 0 aliphatic rings. The smallest absolute Gasteiger partial charge is 0.548 e. The number of unbranched alkanes of at least 4 members (excludes halogenated alkanes) is 10. The quantitative estimate of drug-likeness (QED) is 0.302. The van der Waals surface area contributed by atoms with Crippen molar-refractivity contribution in [1.82, 2.24) is 5.32 Å². The van der Waals surface area contributed by atoms with Crippen molar-refractivity contribution in [2.24, 2.45) is 0 Å². The van der Waals surface area contributed by atoms with Gasteiger partial charge in [-0.2, -0.15) is 0 Å². The summed E-state index contributed by atoms with van der Waals surface area (Å²) >= 11 is 0. The maximum atomic E-state index is 11.6. The van der Waals surface area contributed by atoms with Crippen LogP contribution in [0, 0.1) is 0 Å². The third-order valence-electron chi connectivity index (χ3n) is 4.06. The van der Waals surface area contributed by atoms with Gasteiger partial charge in [-0.25, -0.2) is 0 Å². The topological polar surface area (TPSA) is 89.5 Å². The van der Waals surface area contributed by atoms with Crippen LogP contribution in [0.4, 0.5) is 0 Å². The van der Waals surface area contributed by atoms with E-state index in [-0.39, 0.29) is 35.5 Å². The second-order valence-corrected chi connectivity index (χ2v) is 6.39. The molecule has 0 fully saturated rings. The minimum absolute atomic E-state index is 0. The molecule has 24 heavy (non-hydrogen) atoms. The van der Waals surface area contributed by atoms with E-state index < -0.39 is 18.1 Å². The van der Waals surface area contributed by atoms with Gasteiger partial charge in [0, 0.05) is 6.42 Å². The molecule has 2 atom stereocenters. The summed E-state index contributed by atoms with van der Waals surface area (Å²) < 4.78 is 0. The van der Waals surface area contributed by atoms with Crippen molar-refractivity contribution in [2.75, 3.05) is 0 Å². The fourth-order valence-corrected chi connectivity index (χ4v) is 2.57. The molecule has 0 aromatic rings. The molecular weight excluding hydrogens is 317 g/mol. The van der Waals surface area contributed by atoms with Gasteiger partial charge < -0.3 is 20.3 Å². The normalized spacial score (nSPS) is 13.0. The van der Waals surface area contributed by atoms with E-state index in [1.165, 1.54) is 58.3 Å². The molecule has 0 aromatic carbocycles. The Morgan fingerprint density at radius 2 is 1.33 bits per heavy atom. The first-order chi connectivity index (χ1) is 11.0. The number of carboxylic acid groups (broad SMARTS) is 1. The van der Waals surface area contributed by atoms with Gasteiger partial charge in [0.05, 0.1) is 18.1 Å². The van der Waals surface area contributed by atoms with E-state index in [0.717, 1.165) is 19.3 Å². The Labute approximate surface area is 169 Å². The minimum Gasteiger partial charge on any atom is -0.548 e. The predicted molar refractivity (Wildman–Crippen MR) is 89.7 cm³/mol. The molecule has 0 aliphatic carbocycles. The molecule has 0 spiro atoms. The molecule has 0 saturated carbocycles. The van der Waals surface area contributed by atoms with Crippen molar-refractivity contribution in [1.29, 1.82) is 0 Å². The third kappa shape index (κ3) is 15.4. The number of nitrogens with one attached hydrogen (secondary N) is 1. The Morgan fingerprint density at radius 1 is 0.917 bits per heavy atom. The fraction of sp³-hybridized carbons (Fsp3) is 0.889. The Balaban J connectivity index is 0. The second kappa shape index (κ2) is 17.7. The van der Waals surface area contributed by atoms with Gasteiger partial charge in [0.2, 0.25) is 5.91 Å². The molecule has 0 radical (unpaired) electrons. The summed E-state index contributed by atoms with van der Waals surface area (Å²) in [4.78, 5) is 22.4. The number of amides is 1. The first-order valence-electron chi connectivity index (χ1n) is 9.17. The van der Waals surface area contributed by atoms with Crippen LogP contribution in [0.25, 0.3) is 0 Å². The molecule has 136 valence electrons. The number of hydrogen-bond acceptors (Lipinski definition) is 4. The molecule has 5 nitrogen and oxygen atoms in total. The van der Waals surface area contributed by atoms with E-state index in [1.54, 1.807) is 0 Å². The maximum Gasteiger partial charge on any atom is 1.00 e. The van der Waals surface area contributed by atoms with Gasteiger partial charge >= 0.3 is 29.6 Å². The largest absolute Gasteiger partial charge is 1.00 e. The van der Waals surface area contributed by atoms with Crippen LogP contribution in [0.1, 0.15) is 90.9 Å². The average Bonchev–Trinajstić information content (AvgIpc) is 2.49. The van der Waals surface area contributed by atoms with Crippen LogP contribution in [0.2, 0.25) is 0 Å². The molecular formula is C18H34NNaO4. The number of carboxylic acids is 1. The molecule has 0 heterocycles. The van der Waals surface area contributed by atoms with E-state index in [9.17, 15) is 19.8 Å². The number of aliphatic hydroxyl groups is 1. The molecule has 0 saturated heterocycles. The third-order valence-corrected chi connectivity index (χ3v) is 4.06. The first-order valence-corrected chi connectivity index (χ1v) is 9.17. The summed E-state index contributed by atoms with van der Waals surface area (Å²) in [6.07, 6.45) is 12.4. The number of aliphatic hydroxyl groups excluding tert-OH is 1. The van der Waals surface area contributed by atoms with Gasteiger partial charge in [0.1, 0.15) is 0 Å². The molecule has 0 bridgehead atoms. The first kappa shape index (κ1) is 26.1. The van der Waals surface area contributed by atoms with Gasteiger partial charge in [-0.3, -0.25) is 4.79 Å². The average molecular weight is 351 g/mol. The fourth-order valence-electron chi connectivity index (χ4n) is 2.57. The van der Waals surface area contributed by atoms with E-state index in [2.05, 4.69) is 12.2 Å². The van der Waals surface area contributed by atoms with Crippen molar-refractivity contribution in [3.8, 4) is 0 Å². The minimum atomic E-state index is -1.45. The van der Waals surface area contributed by atoms with Crippen LogP contribution < -0.4 is 40.0 Å². The standard InChI is InChI=1S/C18H35NO4.Na/c1-3-4-5-6-7-8-9-10-11-12-13-14-16(21)19-17(15(2)20)18(22)23;/h15,17,20H,3-14H2,1-2H3,(H,19,21)(H,22,23);/q;+1/p-1/t15-,17+;/m1./s1. The van der Waals surface area contributed by atoms with E-state index >= 15 is 0 Å². The Kier molecular flexibility index (Phi) is 19.3. The maximum absolute atomic E-state index is 11.6. The van der Waals surface area contributed by atoms with Crippen LogP contribution in [0.15, 0.2) is 0 Å². The molecule has 1 amide bonds. The number of carbonyl (C=O) groups excluding carboxylic acids is 2. The van der Waals surface area contributed by atoms with Crippen LogP contribution in [-0.4, -0.2) is 29.1 Å². The molecule has 0 aliphatic heterocycles. The van der Waals surface area contributed by atoms with Gasteiger partial charge in [-0.05, 0) is 13.3 Å². The summed E-state index contributed by atoms with van der Waals surface area (Å²) in [7, 11) is 0. The number of carbonyl (C=O) groups is 2. The van der Waals surface area contributed by atoms with Crippen LogP contribution in [-0.2, 0) is 9.59 Å². The Bertz CT molecular complexity index is 324. The molecule has 0 rings (SSSR count). The molecule has 6 heteroatoms. The molecule has 2 N–H and O–H groups in total. The monoisotopic (exact) mass is 351 g/mol. The van der Waals surface area contributed by atoms with Gasteiger partial charge in [0.25, 0.3) is 0 Å². The Morgan fingerprint density at radius 3 is 1.71 bits per heavy atom. The molecule has 0 aromatic heterocycles. The van der Waals surface area contributed by atoms with Crippen molar-refractivity contribution in [3.05, 3.63) is 0 Å². The summed E-state index contributed by atoms with van der Waals surface area (Å²) in [6.45, 7) is 3.55. The zero-order chi connectivity index (χ0) is 17.5. The predicted octanol–water partition coefficient (Wildman–Crippen LogP) is -0.693. The number of rotatable bonds is 15. The molecule has 0 unspecified atom stereocenters. The summed E-state index contributed by atoms with van der Waals surface area (Å²) in [5.74, 6) is -1.79. The number of aliphatic carboxylic acids is 1. The summed E-state index contributed by atoms with van der Waals surface area (Å²) in [6, 6.07) is -1.32. The number of hydrogen-bond donors (Lipinski definition) is 2. The van der Waals surface area contributed by atoms with Crippen LogP contribution >= 0.6 is 0 Å². The van der Waals surface area contributed by atoms with E-state index in [0.29, 0.717) is 6.42 Å². The van der Waals surface area contributed by atoms with Crippen molar-refractivity contribution < 1.29 is 49.4 Å². The van der Waals surface area contributed by atoms with Crippen LogP contribution in [0.3, 0.4) is 0 Å².